The smallest absolute Gasteiger partial charge is 0.242 e. The number of anilines is 1. The number of nitrogens with zero attached hydrogens (tertiary/aromatic N) is 2. The van der Waals surface area contributed by atoms with Crippen molar-refractivity contribution in [1.29, 1.82) is 5.26 Å². The molecule has 1 unspecified atom stereocenters. The summed E-state index contributed by atoms with van der Waals surface area (Å²) < 4.78 is 0. The van der Waals surface area contributed by atoms with Crippen LogP contribution in [0.3, 0.4) is 0 Å². The van der Waals surface area contributed by atoms with Crippen molar-refractivity contribution >= 4 is 23.2 Å². The number of carbonyl (C=O) groups excluding carboxylic acids is 1. The zero-order valence-corrected chi connectivity index (χ0v) is 10.9. The Morgan fingerprint density at radius 2 is 2.39 bits per heavy atom. The van der Waals surface area contributed by atoms with E-state index in [0.717, 1.165) is 25.1 Å². The fraction of sp³-hybridized carbons (Fsp3) is 0.385. The summed E-state index contributed by atoms with van der Waals surface area (Å²) in [5.41, 5.74) is 1.35. The highest BCUT2D eigenvalue weighted by atomic mass is 35.5. The zero-order valence-electron chi connectivity index (χ0n) is 10.1. The van der Waals surface area contributed by atoms with E-state index in [9.17, 15) is 4.79 Å². The number of halogens is 1. The Labute approximate surface area is 111 Å². The molecule has 0 bridgehead atoms. The van der Waals surface area contributed by atoms with E-state index in [0.29, 0.717) is 10.6 Å². The van der Waals surface area contributed by atoms with Gasteiger partial charge >= 0.3 is 0 Å². The summed E-state index contributed by atoms with van der Waals surface area (Å²) in [7, 11) is 1.64. The first-order valence-electron chi connectivity index (χ1n) is 5.85. The summed E-state index contributed by atoms with van der Waals surface area (Å²) in [5.74, 6) is 0.0213. The van der Waals surface area contributed by atoms with E-state index in [-0.39, 0.29) is 11.9 Å². The highest BCUT2D eigenvalue weighted by molar-refractivity contribution is 6.32. The number of hydrogen-bond donors (Lipinski definition) is 1. The fourth-order valence-electron chi connectivity index (χ4n) is 2.29. The van der Waals surface area contributed by atoms with Crippen LogP contribution in [0.25, 0.3) is 0 Å². The molecule has 94 valence electrons. The first kappa shape index (κ1) is 12.7. The minimum atomic E-state index is -0.140. The molecule has 1 saturated heterocycles. The van der Waals surface area contributed by atoms with Crippen molar-refractivity contribution < 1.29 is 4.79 Å². The average Bonchev–Trinajstić information content (AvgIpc) is 2.86. The lowest BCUT2D eigenvalue weighted by Crippen LogP contribution is -2.41. The predicted octanol–water partition coefficient (Wildman–Crippen LogP) is 1.93. The van der Waals surface area contributed by atoms with Crippen LogP contribution in [-0.4, -0.2) is 25.5 Å². The molecule has 1 aliphatic heterocycles. The van der Waals surface area contributed by atoms with Crippen LogP contribution in [0.4, 0.5) is 5.69 Å². The van der Waals surface area contributed by atoms with Gasteiger partial charge in [-0.25, -0.2) is 0 Å². The SMILES string of the molecule is CNC(=O)C1CCCN1c1ccc(C#N)c(Cl)c1. The zero-order chi connectivity index (χ0) is 13.1. The molecule has 1 atom stereocenters. The highest BCUT2D eigenvalue weighted by Gasteiger charge is 2.30. The van der Waals surface area contributed by atoms with Gasteiger partial charge in [0.05, 0.1) is 10.6 Å². The summed E-state index contributed by atoms with van der Waals surface area (Å²) in [6.45, 7) is 0.834. The summed E-state index contributed by atoms with van der Waals surface area (Å²) in [6.07, 6.45) is 1.83. The molecule has 1 heterocycles. The van der Waals surface area contributed by atoms with Crippen LogP contribution in [0.15, 0.2) is 18.2 Å². The second-order valence-corrected chi connectivity index (χ2v) is 4.65. The monoisotopic (exact) mass is 263 g/mol. The van der Waals surface area contributed by atoms with Crippen LogP contribution in [0.1, 0.15) is 18.4 Å². The van der Waals surface area contributed by atoms with E-state index in [4.69, 9.17) is 16.9 Å². The largest absolute Gasteiger partial charge is 0.359 e. The third-order valence-corrected chi connectivity index (χ3v) is 3.52. The summed E-state index contributed by atoms with van der Waals surface area (Å²) >= 11 is 6.02. The van der Waals surface area contributed by atoms with Crippen LogP contribution >= 0.6 is 11.6 Å². The summed E-state index contributed by atoms with van der Waals surface area (Å²) in [4.78, 5) is 13.8. The van der Waals surface area contributed by atoms with Gasteiger partial charge in [0.25, 0.3) is 0 Å². The number of benzene rings is 1. The Bertz CT molecular complexity index is 509. The number of nitrogens with one attached hydrogen (secondary N) is 1. The van der Waals surface area contributed by atoms with E-state index in [2.05, 4.69) is 5.32 Å². The standard InChI is InChI=1S/C13H14ClN3O/c1-16-13(18)12-3-2-6-17(12)10-5-4-9(8-15)11(14)7-10/h4-5,7,12H,2-3,6H2,1H3,(H,16,18). The number of likely N-dealkylation sites (N-methyl/N-ethyl adjacent to an activating group) is 1. The third kappa shape index (κ3) is 2.27. The molecule has 1 N–H and O–H groups in total. The lowest BCUT2D eigenvalue weighted by Gasteiger charge is -2.25. The molecule has 1 fully saturated rings. The van der Waals surface area contributed by atoms with Gasteiger partial charge in [0.15, 0.2) is 0 Å². The van der Waals surface area contributed by atoms with E-state index < -0.39 is 0 Å². The van der Waals surface area contributed by atoms with Gasteiger partial charge in [-0.05, 0) is 31.0 Å². The van der Waals surface area contributed by atoms with Crippen molar-refractivity contribution in [2.75, 3.05) is 18.5 Å². The van der Waals surface area contributed by atoms with Gasteiger partial charge in [-0.2, -0.15) is 5.26 Å². The molecule has 1 aromatic carbocycles. The summed E-state index contributed by atoms with van der Waals surface area (Å²) in [6, 6.07) is 7.17. The molecule has 2 rings (SSSR count). The fourth-order valence-corrected chi connectivity index (χ4v) is 2.51. The maximum absolute atomic E-state index is 11.8. The van der Waals surface area contributed by atoms with Crippen LogP contribution in [0.5, 0.6) is 0 Å². The van der Waals surface area contributed by atoms with Crippen molar-refractivity contribution in [2.45, 2.75) is 18.9 Å². The van der Waals surface area contributed by atoms with E-state index in [1.165, 1.54) is 0 Å². The lowest BCUT2D eigenvalue weighted by atomic mass is 10.1. The maximum atomic E-state index is 11.8. The molecule has 0 aliphatic carbocycles. The Morgan fingerprint density at radius 3 is 3.00 bits per heavy atom. The molecule has 0 spiro atoms. The van der Waals surface area contributed by atoms with E-state index >= 15 is 0 Å². The average molecular weight is 264 g/mol. The van der Waals surface area contributed by atoms with Crippen molar-refractivity contribution in [3.8, 4) is 6.07 Å². The molecular weight excluding hydrogens is 250 g/mol. The second kappa shape index (κ2) is 5.28. The van der Waals surface area contributed by atoms with E-state index in [1.807, 2.05) is 17.0 Å². The number of amides is 1. The Balaban J connectivity index is 2.28. The quantitative estimate of drug-likeness (QED) is 0.887. The van der Waals surface area contributed by atoms with Gasteiger partial charge < -0.3 is 10.2 Å². The van der Waals surface area contributed by atoms with Crippen molar-refractivity contribution in [2.24, 2.45) is 0 Å². The second-order valence-electron chi connectivity index (χ2n) is 4.24. The number of hydrogen-bond acceptors (Lipinski definition) is 3. The van der Waals surface area contributed by atoms with Crippen molar-refractivity contribution in [1.82, 2.24) is 5.32 Å². The van der Waals surface area contributed by atoms with Gasteiger partial charge in [-0.3, -0.25) is 4.79 Å². The maximum Gasteiger partial charge on any atom is 0.242 e. The molecule has 1 amide bonds. The third-order valence-electron chi connectivity index (χ3n) is 3.21. The Hall–Kier alpha value is -1.73. The number of carbonyl (C=O) groups is 1. The molecule has 0 saturated carbocycles. The number of nitriles is 1. The van der Waals surface area contributed by atoms with Crippen molar-refractivity contribution in [3.05, 3.63) is 28.8 Å². The molecule has 0 radical (unpaired) electrons. The Kier molecular flexibility index (Phi) is 3.73. The van der Waals surface area contributed by atoms with Crippen LogP contribution < -0.4 is 10.2 Å². The van der Waals surface area contributed by atoms with Gasteiger partial charge in [-0.15, -0.1) is 0 Å². The molecule has 4 nitrogen and oxygen atoms in total. The van der Waals surface area contributed by atoms with E-state index in [1.54, 1.807) is 19.2 Å². The first-order valence-corrected chi connectivity index (χ1v) is 6.23. The molecule has 0 aromatic heterocycles. The minimum Gasteiger partial charge on any atom is -0.359 e. The highest BCUT2D eigenvalue weighted by Crippen LogP contribution is 2.29. The molecule has 1 aliphatic rings. The van der Waals surface area contributed by atoms with Crippen LogP contribution in [0.2, 0.25) is 5.02 Å². The normalized spacial score (nSPS) is 18.5. The summed E-state index contributed by atoms with van der Waals surface area (Å²) in [5, 5.41) is 11.9. The van der Waals surface area contributed by atoms with Gasteiger partial charge in [0.1, 0.15) is 12.1 Å². The molecule has 1 aromatic rings. The lowest BCUT2D eigenvalue weighted by molar-refractivity contribution is -0.121. The minimum absolute atomic E-state index is 0.0213. The van der Waals surface area contributed by atoms with Gasteiger partial charge in [-0.1, -0.05) is 11.6 Å². The van der Waals surface area contributed by atoms with Crippen LogP contribution in [0, 0.1) is 11.3 Å². The predicted molar refractivity (Wildman–Crippen MR) is 70.6 cm³/mol. The number of rotatable bonds is 2. The molecule has 5 heteroatoms. The molecule has 18 heavy (non-hydrogen) atoms. The topological polar surface area (TPSA) is 56.1 Å². The van der Waals surface area contributed by atoms with Gasteiger partial charge in [0.2, 0.25) is 5.91 Å². The Morgan fingerprint density at radius 1 is 1.61 bits per heavy atom. The molecular formula is C13H14ClN3O. The first-order chi connectivity index (χ1) is 8.67. The van der Waals surface area contributed by atoms with Gasteiger partial charge in [0, 0.05) is 19.3 Å². The van der Waals surface area contributed by atoms with Crippen molar-refractivity contribution in [3.63, 3.8) is 0 Å². The van der Waals surface area contributed by atoms with Crippen LogP contribution in [-0.2, 0) is 4.79 Å².